The third kappa shape index (κ3) is 2.97. The Labute approximate surface area is 107 Å². The quantitative estimate of drug-likeness (QED) is 0.876. The molecule has 1 aromatic heterocycles. The van der Waals surface area contributed by atoms with E-state index in [2.05, 4.69) is 16.9 Å². The maximum Gasteiger partial charge on any atom is 0.222 e. The normalized spacial score (nSPS) is 10.3. The Morgan fingerprint density at radius 3 is 2.67 bits per heavy atom. The molecule has 94 valence electrons. The first-order valence-electron chi connectivity index (χ1n) is 6.07. The van der Waals surface area contributed by atoms with Crippen LogP contribution < -0.4 is 10.5 Å². The van der Waals surface area contributed by atoms with Gasteiger partial charge in [-0.3, -0.25) is 0 Å². The molecule has 0 atom stereocenters. The topological polar surface area (TPSA) is 61.0 Å². The zero-order valence-electron chi connectivity index (χ0n) is 10.5. The number of hydrogen-bond acceptors (Lipinski definition) is 4. The molecule has 1 heterocycles. The summed E-state index contributed by atoms with van der Waals surface area (Å²) in [5.41, 5.74) is 7.85. The van der Waals surface area contributed by atoms with Gasteiger partial charge in [0.2, 0.25) is 5.88 Å². The van der Waals surface area contributed by atoms with Crippen LogP contribution in [0, 0.1) is 0 Å². The fourth-order valence-electron chi connectivity index (χ4n) is 1.74. The summed E-state index contributed by atoms with van der Waals surface area (Å²) < 4.78 is 5.73. The highest BCUT2D eigenvalue weighted by atomic mass is 16.5. The summed E-state index contributed by atoms with van der Waals surface area (Å²) in [5, 5.41) is 0. The fourth-order valence-corrected chi connectivity index (χ4v) is 1.74. The van der Waals surface area contributed by atoms with Gasteiger partial charge in [0.05, 0.1) is 5.56 Å². The van der Waals surface area contributed by atoms with Crippen molar-refractivity contribution in [1.82, 2.24) is 9.97 Å². The summed E-state index contributed by atoms with van der Waals surface area (Å²) in [6.07, 6.45) is 3.25. The van der Waals surface area contributed by atoms with Crippen molar-refractivity contribution >= 4 is 5.82 Å². The van der Waals surface area contributed by atoms with Crippen LogP contribution in [0.25, 0.3) is 0 Å². The zero-order valence-corrected chi connectivity index (χ0v) is 10.5. The molecule has 4 heteroatoms. The molecule has 2 rings (SSSR count). The number of anilines is 1. The summed E-state index contributed by atoms with van der Waals surface area (Å²) in [6.45, 7) is 2.58. The molecule has 4 nitrogen and oxygen atoms in total. The monoisotopic (exact) mass is 243 g/mol. The first-order valence-corrected chi connectivity index (χ1v) is 6.07. The molecule has 0 unspecified atom stereocenters. The van der Waals surface area contributed by atoms with Crippen LogP contribution >= 0.6 is 0 Å². The summed E-state index contributed by atoms with van der Waals surface area (Å²) in [7, 11) is 0. The van der Waals surface area contributed by atoms with Crippen LogP contribution in [0.5, 0.6) is 5.88 Å². The molecule has 0 aliphatic heterocycles. The SMILES string of the molecule is CCCc1c(N)ncnc1OCc1ccccc1. The van der Waals surface area contributed by atoms with Crippen molar-refractivity contribution in [2.75, 3.05) is 5.73 Å². The van der Waals surface area contributed by atoms with E-state index < -0.39 is 0 Å². The number of rotatable bonds is 5. The van der Waals surface area contributed by atoms with Crippen molar-refractivity contribution in [3.63, 3.8) is 0 Å². The molecular formula is C14H17N3O. The lowest BCUT2D eigenvalue weighted by Crippen LogP contribution is -2.05. The molecule has 1 aromatic carbocycles. The summed E-state index contributed by atoms with van der Waals surface area (Å²) in [4.78, 5) is 8.16. The second-order valence-electron chi connectivity index (χ2n) is 4.07. The molecule has 18 heavy (non-hydrogen) atoms. The number of ether oxygens (including phenoxy) is 1. The Hall–Kier alpha value is -2.10. The Bertz CT molecular complexity index is 500. The maximum absolute atomic E-state index is 5.85. The number of aromatic nitrogens is 2. The van der Waals surface area contributed by atoms with E-state index in [0.717, 1.165) is 24.0 Å². The number of nitrogens with two attached hydrogens (primary N) is 1. The van der Waals surface area contributed by atoms with Crippen LogP contribution in [0.3, 0.4) is 0 Å². The second-order valence-corrected chi connectivity index (χ2v) is 4.07. The third-order valence-corrected chi connectivity index (χ3v) is 2.66. The van der Waals surface area contributed by atoms with Crippen molar-refractivity contribution < 1.29 is 4.74 Å². The summed E-state index contributed by atoms with van der Waals surface area (Å²) >= 11 is 0. The standard InChI is InChI=1S/C14H17N3O/c1-2-6-12-13(15)16-10-17-14(12)18-9-11-7-4-3-5-8-11/h3-5,7-8,10H,2,6,9H2,1H3,(H2,15,16,17). The molecule has 0 saturated carbocycles. The minimum Gasteiger partial charge on any atom is -0.472 e. The molecule has 0 aliphatic carbocycles. The predicted octanol–water partition coefficient (Wildman–Crippen LogP) is 2.59. The van der Waals surface area contributed by atoms with Gasteiger partial charge in [0.25, 0.3) is 0 Å². The molecule has 0 radical (unpaired) electrons. The van der Waals surface area contributed by atoms with Gasteiger partial charge in [-0.15, -0.1) is 0 Å². The lowest BCUT2D eigenvalue weighted by atomic mass is 10.2. The molecule has 0 spiro atoms. The van der Waals surface area contributed by atoms with Gasteiger partial charge in [0.1, 0.15) is 18.8 Å². The molecular weight excluding hydrogens is 226 g/mol. The minimum absolute atomic E-state index is 0.494. The fraction of sp³-hybridized carbons (Fsp3) is 0.286. The average molecular weight is 243 g/mol. The lowest BCUT2D eigenvalue weighted by molar-refractivity contribution is 0.290. The highest BCUT2D eigenvalue weighted by Crippen LogP contribution is 2.22. The molecule has 2 aromatic rings. The van der Waals surface area contributed by atoms with Gasteiger partial charge in [-0.05, 0) is 12.0 Å². The van der Waals surface area contributed by atoms with Gasteiger partial charge in [-0.2, -0.15) is 0 Å². The highest BCUT2D eigenvalue weighted by Gasteiger charge is 2.09. The van der Waals surface area contributed by atoms with Gasteiger partial charge in [0.15, 0.2) is 0 Å². The van der Waals surface area contributed by atoms with E-state index in [-0.39, 0.29) is 0 Å². The van der Waals surface area contributed by atoms with E-state index >= 15 is 0 Å². The summed E-state index contributed by atoms with van der Waals surface area (Å²) in [5.74, 6) is 1.10. The smallest absolute Gasteiger partial charge is 0.222 e. The molecule has 2 N–H and O–H groups in total. The van der Waals surface area contributed by atoms with Crippen molar-refractivity contribution in [2.45, 2.75) is 26.4 Å². The minimum atomic E-state index is 0.494. The third-order valence-electron chi connectivity index (χ3n) is 2.66. The van der Waals surface area contributed by atoms with E-state index in [1.54, 1.807) is 0 Å². The molecule has 0 amide bonds. The maximum atomic E-state index is 5.85. The van der Waals surface area contributed by atoms with E-state index in [1.165, 1.54) is 6.33 Å². The van der Waals surface area contributed by atoms with Gasteiger partial charge in [-0.25, -0.2) is 9.97 Å². The van der Waals surface area contributed by atoms with Crippen LogP contribution in [0.1, 0.15) is 24.5 Å². The van der Waals surface area contributed by atoms with Gasteiger partial charge in [0, 0.05) is 0 Å². The van der Waals surface area contributed by atoms with Crippen LogP contribution in [-0.4, -0.2) is 9.97 Å². The number of benzene rings is 1. The van der Waals surface area contributed by atoms with E-state index in [1.807, 2.05) is 30.3 Å². The number of hydrogen-bond donors (Lipinski definition) is 1. The Balaban J connectivity index is 2.11. The second kappa shape index (κ2) is 6.00. The van der Waals surface area contributed by atoms with E-state index in [0.29, 0.717) is 18.3 Å². The van der Waals surface area contributed by atoms with Crippen molar-refractivity contribution in [3.05, 3.63) is 47.8 Å². The van der Waals surface area contributed by atoms with Crippen LogP contribution in [0.2, 0.25) is 0 Å². The number of nitrogen functional groups attached to an aromatic ring is 1. The zero-order chi connectivity index (χ0) is 12.8. The van der Waals surface area contributed by atoms with Gasteiger partial charge < -0.3 is 10.5 Å². The van der Waals surface area contributed by atoms with Crippen LogP contribution in [0.15, 0.2) is 36.7 Å². The highest BCUT2D eigenvalue weighted by molar-refractivity contribution is 5.44. The average Bonchev–Trinajstić information content (AvgIpc) is 2.41. The largest absolute Gasteiger partial charge is 0.472 e. The van der Waals surface area contributed by atoms with Crippen molar-refractivity contribution in [2.24, 2.45) is 0 Å². The molecule has 0 bridgehead atoms. The van der Waals surface area contributed by atoms with Gasteiger partial charge >= 0.3 is 0 Å². The first-order chi connectivity index (χ1) is 8.81. The van der Waals surface area contributed by atoms with Crippen molar-refractivity contribution in [3.8, 4) is 5.88 Å². The lowest BCUT2D eigenvalue weighted by Gasteiger charge is -2.11. The molecule has 0 saturated heterocycles. The molecule has 0 aliphatic rings. The van der Waals surface area contributed by atoms with Crippen molar-refractivity contribution in [1.29, 1.82) is 0 Å². The van der Waals surface area contributed by atoms with Crippen LogP contribution in [0.4, 0.5) is 5.82 Å². The Morgan fingerprint density at radius 2 is 1.94 bits per heavy atom. The van der Waals surface area contributed by atoms with Gasteiger partial charge in [-0.1, -0.05) is 43.7 Å². The number of nitrogens with zero attached hydrogens (tertiary/aromatic N) is 2. The predicted molar refractivity (Wildman–Crippen MR) is 71.2 cm³/mol. The molecule has 0 fully saturated rings. The first kappa shape index (κ1) is 12.4. The Morgan fingerprint density at radius 1 is 1.17 bits per heavy atom. The Kier molecular flexibility index (Phi) is 4.12. The van der Waals surface area contributed by atoms with E-state index in [4.69, 9.17) is 10.5 Å². The van der Waals surface area contributed by atoms with Crippen LogP contribution in [-0.2, 0) is 13.0 Å². The van der Waals surface area contributed by atoms with E-state index in [9.17, 15) is 0 Å². The summed E-state index contributed by atoms with van der Waals surface area (Å²) in [6, 6.07) is 9.99.